The number of amides is 3. The monoisotopic (exact) mass is 354 g/mol. The summed E-state index contributed by atoms with van der Waals surface area (Å²) in [5.41, 5.74) is 5.49. The quantitative estimate of drug-likeness (QED) is 0.574. The molecule has 2 fully saturated rings. The van der Waals surface area contributed by atoms with Crippen LogP contribution in [0.15, 0.2) is 0 Å². The summed E-state index contributed by atoms with van der Waals surface area (Å²) in [5.74, 6) is -2.12. The van der Waals surface area contributed by atoms with Crippen molar-refractivity contribution in [3.63, 3.8) is 0 Å². The van der Waals surface area contributed by atoms with Gasteiger partial charge in [0.2, 0.25) is 17.7 Å². The smallest absolute Gasteiger partial charge is 0.326 e. The Hall–Kier alpha value is -2.16. The van der Waals surface area contributed by atoms with Gasteiger partial charge in [-0.25, -0.2) is 4.79 Å². The average Bonchev–Trinajstić information content (AvgIpc) is 3.22. The summed E-state index contributed by atoms with van der Waals surface area (Å²) in [6.45, 7) is 3.89. The van der Waals surface area contributed by atoms with Gasteiger partial charge in [0.25, 0.3) is 0 Å². The van der Waals surface area contributed by atoms with E-state index in [0.29, 0.717) is 38.8 Å². The van der Waals surface area contributed by atoms with Crippen molar-refractivity contribution in [3.05, 3.63) is 0 Å². The first kappa shape index (κ1) is 19.2. The minimum Gasteiger partial charge on any atom is -0.480 e. The Kier molecular flexibility index (Phi) is 5.99. The molecule has 9 heteroatoms. The van der Waals surface area contributed by atoms with Crippen LogP contribution in [0.1, 0.15) is 39.5 Å². The third-order valence-corrected chi connectivity index (χ3v) is 4.78. The predicted molar refractivity (Wildman–Crippen MR) is 88.4 cm³/mol. The molecule has 140 valence electrons. The zero-order chi connectivity index (χ0) is 18.7. The lowest BCUT2D eigenvalue weighted by molar-refractivity contribution is -0.152. The SMILES string of the molecule is CC(N)C(=O)NC(C)C(=O)N1CCCC1C(=O)N1CCCC1C(=O)O. The summed E-state index contributed by atoms with van der Waals surface area (Å²) < 4.78 is 0. The molecule has 0 saturated carbocycles. The number of hydrogen-bond acceptors (Lipinski definition) is 5. The van der Waals surface area contributed by atoms with Crippen LogP contribution in [-0.4, -0.2) is 75.9 Å². The van der Waals surface area contributed by atoms with Gasteiger partial charge < -0.3 is 26.0 Å². The number of nitrogens with two attached hydrogens (primary N) is 1. The van der Waals surface area contributed by atoms with Crippen molar-refractivity contribution in [2.24, 2.45) is 5.73 Å². The van der Waals surface area contributed by atoms with Crippen LogP contribution in [0.2, 0.25) is 0 Å². The number of nitrogens with zero attached hydrogens (tertiary/aromatic N) is 2. The first-order valence-corrected chi connectivity index (χ1v) is 8.63. The van der Waals surface area contributed by atoms with Crippen LogP contribution < -0.4 is 11.1 Å². The van der Waals surface area contributed by atoms with Crippen molar-refractivity contribution in [2.45, 2.75) is 63.7 Å². The Labute approximate surface area is 146 Å². The van der Waals surface area contributed by atoms with Gasteiger partial charge in [0.15, 0.2) is 0 Å². The van der Waals surface area contributed by atoms with E-state index >= 15 is 0 Å². The molecule has 0 spiro atoms. The molecule has 0 radical (unpaired) electrons. The Morgan fingerprint density at radius 3 is 2.16 bits per heavy atom. The number of carbonyl (C=O) groups is 4. The summed E-state index contributed by atoms with van der Waals surface area (Å²) in [4.78, 5) is 51.2. The van der Waals surface area contributed by atoms with E-state index in [1.165, 1.54) is 16.7 Å². The second-order valence-corrected chi connectivity index (χ2v) is 6.74. The molecule has 0 aromatic heterocycles. The van der Waals surface area contributed by atoms with Gasteiger partial charge in [-0.05, 0) is 39.5 Å². The summed E-state index contributed by atoms with van der Waals surface area (Å²) in [6.07, 6.45) is 2.25. The maximum atomic E-state index is 12.8. The molecule has 0 aromatic rings. The first-order valence-electron chi connectivity index (χ1n) is 8.63. The average molecular weight is 354 g/mol. The van der Waals surface area contributed by atoms with Crippen molar-refractivity contribution in [1.82, 2.24) is 15.1 Å². The Balaban J connectivity index is 2.06. The van der Waals surface area contributed by atoms with E-state index < -0.39 is 36.0 Å². The Bertz CT molecular complexity index is 565. The summed E-state index contributed by atoms with van der Waals surface area (Å²) in [7, 11) is 0. The molecule has 4 unspecified atom stereocenters. The summed E-state index contributed by atoms with van der Waals surface area (Å²) in [6, 6.07) is -3.00. The van der Waals surface area contributed by atoms with Gasteiger partial charge >= 0.3 is 5.97 Å². The lowest BCUT2D eigenvalue weighted by Gasteiger charge is -2.31. The van der Waals surface area contributed by atoms with E-state index in [1.54, 1.807) is 6.92 Å². The van der Waals surface area contributed by atoms with Crippen LogP contribution in [0.25, 0.3) is 0 Å². The fourth-order valence-corrected chi connectivity index (χ4v) is 3.42. The molecular weight excluding hydrogens is 328 g/mol. The van der Waals surface area contributed by atoms with Gasteiger partial charge in [0.05, 0.1) is 6.04 Å². The number of hydrogen-bond donors (Lipinski definition) is 3. The summed E-state index contributed by atoms with van der Waals surface area (Å²) >= 11 is 0. The number of aliphatic carboxylic acids is 1. The zero-order valence-electron chi connectivity index (χ0n) is 14.6. The molecular formula is C16H26N4O5. The molecule has 0 aliphatic carbocycles. The Morgan fingerprint density at radius 2 is 1.60 bits per heavy atom. The number of carboxylic acid groups (broad SMARTS) is 1. The van der Waals surface area contributed by atoms with Crippen LogP contribution >= 0.6 is 0 Å². The fourth-order valence-electron chi connectivity index (χ4n) is 3.42. The van der Waals surface area contributed by atoms with Crippen LogP contribution in [0.5, 0.6) is 0 Å². The first-order chi connectivity index (χ1) is 11.7. The molecule has 0 bridgehead atoms. The van der Waals surface area contributed by atoms with Gasteiger partial charge in [-0.3, -0.25) is 14.4 Å². The van der Waals surface area contributed by atoms with Crippen LogP contribution in [-0.2, 0) is 19.2 Å². The third-order valence-electron chi connectivity index (χ3n) is 4.78. The van der Waals surface area contributed by atoms with Crippen molar-refractivity contribution in [1.29, 1.82) is 0 Å². The van der Waals surface area contributed by atoms with Crippen molar-refractivity contribution < 1.29 is 24.3 Å². The summed E-state index contributed by atoms with van der Waals surface area (Å²) in [5, 5.41) is 11.8. The second-order valence-electron chi connectivity index (χ2n) is 6.74. The molecule has 4 N–H and O–H groups in total. The van der Waals surface area contributed by atoms with E-state index in [1.807, 2.05) is 0 Å². The van der Waals surface area contributed by atoms with Crippen molar-refractivity contribution in [2.75, 3.05) is 13.1 Å². The second kappa shape index (κ2) is 7.81. The molecule has 2 aliphatic rings. The van der Waals surface area contributed by atoms with E-state index in [4.69, 9.17) is 5.73 Å². The third kappa shape index (κ3) is 4.09. The maximum Gasteiger partial charge on any atom is 0.326 e. The predicted octanol–water partition coefficient (Wildman–Crippen LogP) is -1.10. The lowest BCUT2D eigenvalue weighted by atomic mass is 10.1. The molecule has 2 saturated heterocycles. The maximum absolute atomic E-state index is 12.8. The standard InChI is InChI=1S/C16H26N4O5/c1-9(17)13(21)18-10(2)14(22)19-7-3-5-11(19)15(23)20-8-4-6-12(20)16(24)25/h9-12H,3-8,17H2,1-2H3,(H,18,21)(H,24,25). The minimum absolute atomic E-state index is 0.318. The number of carboxylic acids is 1. The molecule has 2 rings (SSSR count). The molecule has 0 aromatic carbocycles. The van der Waals surface area contributed by atoms with Gasteiger partial charge in [-0.2, -0.15) is 0 Å². The number of rotatable bonds is 5. The van der Waals surface area contributed by atoms with Gasteiger partial charge in [0, 0.05) is 13.1 Å². The number of likely N-dealkylation sites (tertiary alicyclic amines) is 2. The molecule has 3 amide bonds. The normalized spacial score (nSPS) is 25.6. The van der Waals surface area contributed by atoms with Gasteiger partial charge in [-0.1, -0.05) is 0 Å². The highest BCUT2D eigenvalue weighted by Gasteiger charge is 2.42. The number of nitrogens with one attached hydrogen (secondary N) is 1. The van der Waals surface area contributed by atoms with E-state index in [2.05, 4.69) is 5.32 Å². The van der Waals surface area contributed by atoms with Crippen LogP contribution in [0, 0.1) is 0 Å². The van der Waals surface area contributed by atoms with E-state index in [-0.39, 0.29) is 11.8 Å². The fraction of sp³-hybridized carbons (Fsp3) is 0.750. The largest absolute Gasteiger partial charge is 0.480 e. The van der Waals surface area contributed by atoms with Crippen LogP contribution in [0.3, 0.4) is 0 Å². The zero-order valence-corrected chi connectivity index (χ0v) is 14.6. The van der Waals surface area contributed by atoms with Crippen LogP contribution in [0.4, 0.5) is 0 Å². The Morgan fingerprint density at radius 1 is 1.04 bits per heavy atom. The number of carbonyl (C=O) groups excluding carboxylic acids is 3. The molecule has 2 aliphatic heterocycles. The molecule has 2 heterocycles. The van der Waals surface area contributed by atoms with Crippen molar-refractivity contribution in [3.8, 4) is 0 Å². The topological polar surface area (TPSA) is 133 Å². The molecule has 25 heavy (non-hydrogen) atoms. The van der Waals surface area contributed by atoms with E-state index in [9.17, 15) is 24.3 Å². The molecule has 4 atom stereocenters. The highest BCUT2D eigenvalue weighted by Crippen LogP contribution is 2.25. The molecule has 9 nitrogen and oxygen atoms in total. The van der Waals surface area contributed by atoms with E-state index in [0.717, 1.165) is 0 Å². The highest BCUT2D eigenvalue weighted by molar-refractivity contribution is 5.94. The van der Waals surface area contributed by atoms with Crippen molar-refractivity contribution >= 4 is 23.7 Å². The minimum atomic E-state index is -1.01. The van der Waals surface area contributed by atoms with Gasteiger partial charge in [0.1, 0.15) is 18.1 Å². The highest BCUT2D eigenvalue weighted by atomic mass is 16.4. The lowest BCUT2D eigenvalue weighted by Crippen LogP contribution is -2.55. The van der Waals surface area contributed by atoms with Gasteiger partial charge in [-0.15, -0.1) is 0 Å².